The van der Waals surface area contributed by atoms with Crippen LogP contribution < -0.4 is 0 Å². The van der Waals surface area contributed by atoms with Crippen LogP contribution in [0.3, 0.4) is 0 Å². The molecule has 2 heteroatoms. The molecule has 1 nitrogen and oxygen atoms in total. The minimum atomic E-state index is 0.204. The number of halogens is 1. The van der Waals surface area contributed by atoms with Gasteiger partial charge >= 0.3 is 0 Å². The largest absolute Gasteiger partial charge is 0.380 e. The van der Waals surface area contributed by atoms with Crippen LogP contribution in [0, 0.1) is 0 Å². The lowest BCUT2D eigenvalue weighted by Gasteiger charge is -2.03. The highest BCUT2D eigenvalue weighted by atomic mass is 35.5. The highest BCUT2D eigenvalue weighted by Crippen LogP contribution is 2.00. The lowest BCUT2D eigenvalue weighted by atomic mass is 10.3. The third-order valence-corrected chi connectivity index (χ3v) is 1.38. The Hall–Kier alpha value is 0.250. The van der Waals surface area contributed by atoms with Gasteiger partial charge < -0.3 is 4.74 Å². The van der Waals surface area contributed by atoms with Crippen LogP contribution in [0.15, 0.2) is 0 Å². The number of hydrogen-bond acceptors (Lipinski definition) is 1. The molecule has 8 heavy (non-hydrogen) atoms. The fourth-order valence-corrected chi connectivity index (χ4v) is 0.453. The lowest BCUT2D eigenvalue weighted by molar-refractivity contribution is 0.146. The Kier molecular flexibility index (Phi) is 5.56. The first-order chi connectivity index (χ1) is 3.81. The van der Waals surface area contributed by atoms with E-state index in [4.69, 9.17) is 16.3 Å². The zero-order valence-electron chi connectivity index (χ0n) is 5.48. The van der Waals surface area contributed by atoms with Crippen molar-refractivity contribution in [3.63, 3.8) is 0 Å². The molecule has 0 saturated heterocycles. The average molecular weight is 137 g/mol. The molecule has 0 aliphatic rings. The summed E-state index contributed by atoms with van der Waals surface area (Å²) >= 11 is 5.72. The van der Waals surface area contributed by atoms with Crippen molar-refractivity contribution in [2.45, 2.75) is 25.6 Å². The number of alkyl halides is 1. The quantitative estimate of drug-likeness (QED) is 0.538. The van der Waals surface area contributed by atoms with Crippen LogP contribution in [-0.2, 0) is 4.74 Å². The van der Waals surface area contributed by atoms with Crippen molar-refractivity contribution < 1.29 is 4.74 Å². The molecule has 0 aliphatic heterocycles. The molecule has 0 amide bonds. The van der Waals surface area contributed by atoms with E-state index in [9.17, 15) is 0 Å². The number of hydrogen-bond donors (Lipinski definition) is 0. The van der Waals surface area contributed by atoms with Crippen LogP contribution in [0.1, 0.15) is 20.3 Å². The molecule has 0 N–H and O–H groups in total. The van der Waals surface area contributed by atoms with Crippen LogP contribution in [-0.4, -0.2) is 18.6 Å². The fourth-order valence-electron chi connectivity index (χ4n) is 0.364. The topological polar surface area (TPSA) is 9.23 Å². The summed E-state index contributed by atoms with van der Waals surface area (Å²) in [6.07, 6.45) is 0.988. The maximum Gasteiger partial charge on any atom is 0.0629 e. The second-order valence-corrected chi connectivity index (χ2v) is 2.28. The van der Waals surface area contributed by atoms with Crippen molar-refractivity contribution in [3.05, 3.63) is 0 Å². The first kappa shape index (κ1) is 8.25. The van der Waals surface area contributed by atoms with Gasteiger partial charge in [0.25, 0.3) is 0 Å². The highest BCUT2D eigenvalue weighted by Gasteiger charge is 1.97. The van der Waals surface area contributed by atoms with E-state index in [0.29, 0.717) is 6.61 Å². The summed E-state index contributed by atoms with van der Waals surface area (Å²) in [6, 6.07) is 0. The molecule has 0 rings (SSSR count). The van der Waals surface area contributed by atoms with Gasteiger partial charge in [-0.3, -0.25) is 0 Å². The summed E-state index contributed by atoms with van der Waals surface area (Å²) in [5.41, 5.74) is 0. The zero-order valence-corrected chi connectivity index (χ0v) is 6.24. The maximum absolute atomic E-state index is 5.72. The van der Waals surface area contributed by atoms with Gasteiger partial charge in [0, 0.05) is 6.61 Å². The van der Waals surface area contributed by atoms with Crippen molar-refractivity contribution in [1.29, 1.82) is 0 Å². The first-order valence-corrected chi connectivity index (χ1v) is 3.46. The molecule has 0 aromatic rings. The van der Waals surface area contributed by atoms with Crippen LogP contribution in [0.25, 0.3) is 0 Å². The summed E-state index contributed by atoms with van der Waals surface area (Å²) < 4.78 is 5.05. The highest BCUT2D eigenvalue weighted by molar-refractivity contribution is 6.20. The van der Waals surface area contributed by atoms with E-state index in [1.807, 2.05) is 6.92 Å². The normalized spacial score (nSPS) is 13.9. The molecule has 0 saturated carbocycles. The lowest BCUT2D eigenvalue weighted by Crippen LogP contribution is -2.06. The monoisotopic (exact) mass is 136 g/mol. The van der Waals surface area contributed by atoms with Crippen LogP contribution in [0.2, 0.25) is 0 Å². The number of rotatable bonds is 4. The molecule has 1 unspecified atom stereocenters. The SMILES string of the molecule is CCOCC(Cl)CC. The Bertz CT molecular complexity index is 47.8. The van der Waals surface area contributed by atoms with E-state index < -0.39 is 0 Å². The Morgan fingerprint density at radius 1 is 1.50 bits per heavy atom. The molecule has 1 atom stereocenters. The average Bonchev–Trinajstić information content (AvgIpc) is 1.83. The second kappa shape index (κ2) is 5.39. The van der Waals surface area contributed by atoms with Gasteiger partial charge in [0.1, 0.15) is 0 Å². The van der Waals surface area contributed by atoms with Crippen molar-refractivity contribution in [2.24, 2.45) is 0 Å². The van der Waals surface area contributed by atoms with Crippen molar-refractivity contribution in [2.75, 3.05) is 13.2 Å². The molecular formula is C6H13ClO. The molecule has 0 fully saturated rings. The molecule has 0 aliphatic carbocycles. The molecule has 50 valence electrons. The smallest absolute Gasteiger partial charge is 0.0629 e. The van der Waals surface area contributed by atoms with E-state index in [2.05, 4.69) is 6.92 Å². The van der Waals surface area contributed by atoms with Gasteiger partial charge in [0.2, 0.25) is 0 Å². The standard InChI is InChI=1S/C6H13ClO/c1-3-6(7)5-8-4-2/h6H,3-5H2,1-2H3. The maximum atomic E-state index is 5.72. The van der Waals surface area contributed by atoms with Crippen LogP contribution in [0.5, 0.6) is 0 Å². The van der Waals surface area contributed by atoms with Gasteiger partial charge in [-0.05, 0) is 13.3 Å². The third kappa shape index (κ3) is 4.41. The molecule has 0 aromatic carbocycles. The second-order valence-electron chi connectivity index (χ2n) is 1.66. The van der Waals surface area contributed by atoms with Crippen molar-refractivity contribution in [3.8, 4) is 0 Å². The minimum absolute atomic E-state index is 0.204. The Morgan fingerprint density at radius 2 is 2.12 bits per heavy atom. The van der Waals surface area contributed by atoms with E-state index in [-0.39, 0.29) is 5.38 Å². The molecule has 0 aromatic heterocycles. The van der Waals surface area contributed by atoms with Crippen molar-refractivity contribution >= 4 is 11.6 Å². The van der Waals surface area contributed by atoms with E-state index in [1.54, 1.807) is 0 Å². The molecule has 0 bridgehead atoms. The van der Waals surface area contributed by atoms with Gasteiger partial charge in [0.15, 0.2) is 0 Å². The molecule has 0 spiro atoms. The summed E-state index contributed by atoms with van der Waals surface area (Å²) in [5.74, 6) is 0. The van der Waals surface area contributed by atoms with Gasteiger partial charge in [-0.1, -0.05) is 6.92 Å². The van der Waals surface area contributed by atoms with Gasteiger partial charge in [-0.25, -0.2) is 0 Å². The van der Waals surface area contributed by atoms with E-state index in [1.165, 1.54) is 0 Å². The van der Waals surface area contributed by atoms with Gasteiger partial charge in [-0.2, -0.15) is 0 Å². The summed E-state index contributed by atoms with van der Waals surface area (Å²) in [7, 11) is 0. The van der Waals surface area contributed by atoms with Crippen LogP contribution in [0.4, 0.5) is 0 Å². The van der Waals surface area contributed by atoms with E-state index in [0.717, 1.165) is 13.0 Å². The van der Waals surface area contributed by atoms with Crippen molar-refractivity contribution in [1.82, 2.24) is 0 Å². The first-order valence-electron chi connectivity index (χ1n) is 3.03. The summed E-state index contributed by atoms with van der Waals surface area (Å²) in [5, 5.41) is 0.204. The zero-order chi connectivity index (χ0) is 6.41. The Morgan fingerprint density at radius 3 is 2.50 bits per heavy atom. The summed E-state index contributed by atoms with van der Waals surface area (Å²) in [6.45, 7) is 5.48. The van der Waals surface area contributed by atoms with E-state index >= 15 is 0 Å². The number of ether oxygens (including phenoxy) is 1. The molecular weight excluding hydrogens is 124 g/mol. The van der Waals surface area contributed by atoms with Crippen LogP contribution >= 0.6 is 11.6 Å². The third-order valence-electron chi connectivity index (χ3n) is 0.946. The molecule has 0 radical (unpaired) electrons. The predicted molar refractivity (Wildman–Crippen MR) is 36.4 cm³/mol. The Labute approximate surface area is 56.0 Å². The fraction of sp³-hybridized carbons (Fsp3) is 1.00. The minimum Gasteiger partial charge on any atom is -0.380 e. The van der Waals surface area contributed by atoms with Gasteiger partial charge in [-0.15, -0.1) is 11.6 Å². The molecule has 0 heterocycles. The predicted octanol–water partition coefficient (Wildman–Crippen LogP) is 2.04. The Balaban J connectivity index is 2.86. The van der Waals surface area contributed by atoms with Gasteiger partial charge in [0.05, 0.1) is 12.0 Å². The summed E-state index contributed by atoms with van der Waals surface area (Å²) in [4.78, 5) is 0.